The minimum atomic E-state index is -1.09. The molecule has 0 aromatic carbocycles. The number of urea groups is 1. The second-order valence-corrected chi connectivity index (χ2v) is 4.52. The van der Waals surface area contributed by atoms with Gasteiger partial charge < -0.3 is 29.7 Å². The van der Waals surface area contributed by atoms with Crippen molar-refractivity contribution in [3.05, 3.63) is 18.2 Å². The summed E-state index contributed by atoms with van der Waals surface area (Å²) in [4.78, 5) is 27.4. The van der Waals surface area contributed by atoms with Gasteiger partial charge in [-0.2, -0.15) is 0 Å². The normalized spacial score (nSPS) is 12.0. The topological polar surface area (TPSA) is 117 Å². The Morgan fingerprint density at radius 3 is 2.86 bits per heavy atom. The number of amides is 2. The number of aromatic carboxylic acids is 1. The summed E-state index contributed by atoms with van der Waals surface area (Å²) in [6, 6.07) is -0.330. The lowest BCUT2D eigenvalue weighted by atomic mass is 10.3. The molecule has 0 radical (unpaired) electrons. The molecule has 9 heteroatoms. The summed E-state index contributed by atoms with van der Waals surface area (Å²) in [5, 5.41) is 20.9. The Bertz CT molecular complexity index is 476. The number of ether oxygens (including phenoxy) is 1. The fourth-order valence-corrected chi connectivity index (χ4v) is 1.66. The highest BCUT2D eigenvalue weighted by Gasteiger charge is 2.13. The van der Waals surface area contributed by atoms with E-state index in [0.717, 1.165) is 0 Å². The van der Waals surface area contributed by atoms with Crippen molar-refractivity contribution in [3.63, 3.8) is 0 Å². The van der Waals surface area contributed by atoms with Crippen LogP contribution in [0.5, 0.6) is 0 Å². The van der Waals surface area contributed by atoms with Crippen LogP contribution >= 0.6 is 0 Å². The Morgan fingerprint density at radius 1 is 1.57 bits per heavy atom. The van der Waals surface area contributed by atoms with E-state index in [1.54, 1.807) is 11.6 Å². The predicted molar refractivity (Wildman–Crippen MR) is 73.1 cm³/mol. The molecule has 2 amide bonds. The van der Waals surface area contributed by atoms with Crippen LogP contribution in [-0.4, -0.2) is 76.6 Å². The highest BCUT2D eigenvalue weighted by atomic mass is 16.5. The standard InChI is InChI=1S/C12H20N4O5/c1-15(5-9(17)7-21-2)12(20)13-3-4-16-6-10(11(18)19)14-8-16/h6,8-9,17H,3-5,7H2,1-2H3,(H,13,20)(H,18,19). The Morgan fingerprint density at radius 2 is 2.29 bits per heavy atom. The predicted octanol–water partition coefficient (Wildman–Crippen LogP) is -0.770. The van der Waals surface area contributed by atoms with Crippen molar-refractivity contribution in [1.82, 2.24) is 19.8 Å². The number of likely N-dealkylation sites (N-methyl/N-ethyl adjacent to an activating group) is 1. The van der Waals surface area contributed by atoms with Gasteiger partial charge >= 0.3 is 12.0 Å². The lowest BCUT2D eigenvalue weighted by Crippen LogP contribution is -2.43. The third kappa shape index (κ3) is 5.79. The molecule has 0 aliphatic rings. The molecule has 1 rings (SSSR count). The van der Waals surface area contributed by atoms with Gasteiger partial charge in [0.05, 0.1) is 25.6 Å². The maximum atomic E-state index is 11.7. The van der Waals surface area contributed by atoms with Crippen molar-refractivity contribution < 1.29 is 24.5 Å². The van der Waals surface area contributed by atoms with Crippen LogP contribution in [0.3, 0.4) is 0 Å². The summed E-state index contributed by atoms with van der Waals surface area (Å²) in [5.74, 6) is -1.09. The number of carbonyl (C=O) groups excluding carboxylic acids is 1. The minimum Gasteiger partial charge on any atom is -0.476 e. The molecule has 0 aliphatic carbocycles. The van der Waals surface area contributed by atoms with Gasteiger partial charge in [-0.1, -0.05) is 0 Å². The lowest BCUT2D eigenvalue weighted by molar-refractivity contribution is 0.0490. The van der Waals surface area contributed by atoms with E-state index < -0.39 is 12.1 Å². The van der Waals surface area contributed by atoms with E-state index in [0.29, 0.717) is 13.1 Å². The van der Waals surface area contributed by atoms with E-state index in [1.165, 1.54) is 24.5 Å². The first-order valence-electron chi connectivity index (χ1n) is 6.35. The molecule has 0 spiro atoms. The van der Waals surface area contributed by atoms with Crippen molar-refractivity contribution in [3.8, 4) is 0 Å². The summed E-state index contributed by atoms with van der Waals surface area (Å²) in [5.41, 5.74) is -0.0406. The Labute approximate surface area is 122 Å². The maximum absolute atomic E-state index is 11.7. The molecule has 3 N–H and O–H groups in total. The summed E-state index contributed by atoms with van der Waals surface area (Å²) in [7, 11) is 3.04. The van der Waals surface area contributed by atoms with Gasteiger partial charge in [0, 0.05) is 33.4 Å². The average molecular weight is 300 g/mol. The van der Waals surface area contributed by atoms with E-state index in [4.69, 9.17) is 9.84 Å². The number of imidazole rings is 1. The number of nitrogens with zero attached hydrogens (tertiary/aromatic N) is 3. The number of aliphatic hydroxyl groups is 1. The first kappa shape index (κ1) is 16.9. The number of aliphatic hydroxyl groups excluding tert-OH is 1. The molecule has 1 aromatic rings. The van der Waals surface area contributed by atoms with Crippen LogP contribution in [0.1, 0.15) is 10.5 Å². The summed E-state index contributed by atoms with van der Waals surface area (Å²) < 4.78 is 6.35. The second-order valence-electron chi connectivity index (χ2n) is 4.52. The summed E-state index contributed by atoms with van der Waals surface area (Å²) in [6.45, 7) is 1.04. The number of rotatable bonds is 8. The smallest absolute Gasteiger partial charge is 0.356 e. The zero-order valence-corrected chi connectivity index (χ0v) is 12.0. The molecular weight excluding hydrogens is 280 g/mol. The molecule has 1 heterocycles. The van der Waals surface area contributed by atoms with Gasteiger partial charge in [0.15, 0.2) is 5.69 Å². The molecule has 9 nitrogen and oxygen atoms in total. The highest BCUT2D eigenvalue weighted by Crippen LogP contribution is 1.96. The first-order valence-corrected chi connectivity index (χ1v) is 6.35. The van der Waals surface area contributed by atoms with E-state index in [9.17, 15) is 14.7 Å². The lowest BCUT2D eigenvalue weighted by Gasteiger charge is -2.20. The van der Waals surface area contributed by atoms with Crippen molar-refractivity contribution >= 4 is 12.0 Å². The van der Waals surface area contributed by atoms with Crippen LogP contribution in [0.4, 0.5) is 4.79 Å². The van der Waals surface area contributed by atoms with Gasteiger partial charge in [0.25, 0.3) is 0 Å². The highest BCUT2D eigenvalue weighted by molar-refractivity contribution is 5.84. The number of nitrogens with one attached hydrogen (secondary N) is 1. The SMILES string of the molecule is COCC(O)CN(C)C(=O)NCCn1cnc(C(=O)O)c1. The van der Waals surface area contributed by atoms with Gasteiger partial charge in [-0.05, 0) is 0 Å². The van der Waals surface area contributed by atoms with E-state index in [1.807, 2.05) is 0 Å². The Kier molecular flexibility index (Phi) is 6.63. The molecule has 0 saturated heterocycles. The van der Waals surface area contributed by atoms with Gasteiger partial charge in [-0.25, -0.2) is 14.6 Å². The Balaban J connectivity index is 2.30. The number of carboxylic acids is 1. The fraction of sp³-hybridized carbons (Fsp3) is 0.583. The minimum absolute atomic E-state index is 0.0406. The Hall–Kier alpha value is -2.13. The summed E-state index contributed by atoms with van der Waals surface area (Å²) >= 11 is 0. The molecule has 0 bridgehead atoms. The van der Waals surface area contributed by atoms with Crippen LogP contribution in [0, 0.1) is 0 Å². The van der Waals surface area contributed by atoms with Gasteiger partial charge in [-0.15, -0.1) is 0 Å². The van der Waals surface area contributed by atoms with Crippen molar-refractivity contribution in [1.29, 1.82) is 0 Å². The fourth-order valence-electron chi connectivity index (χ4n) is 1.66. The molecule has 1 atom stereocenters. The number of carboxylic acid groups (broad SMARTS) is 1. The third-order valence-corrected chi connectivity index (χ3v) is 2.69. The number of aromatic nitrogens is 2. The van der Waals surface area contributed by atoms with Crippen molar-refractivity contribution in [2.24, 2.45) is 0 Å². The van der Waals surface area contributed by atoms with Gasteiger partial charge in [0.2, 0.25) is 0 Å². The van der Waals surface area contributed by atoms with E-state index in [2.05, 4.69) is 10.3 Å². The monoisotopic (exact) mass is 300 g/mol. The largest absolute Gasteiger partial charge is 0.476 e. The number of carbonyl (C=O) groups is 2. The zero-order valence-electron chi connectivity index (χ0n) is 12.0. The van der Waals surface area contributed by atoms with Crippen molar-refractivity contribution in [2.75, 3.05) is 33.9 Å². The average Bonchev–Trinajstić information content (AvgIpc) is 2.87. The quantitative estimate of drug-likeness (QED) is 0.580. The maximum Gasteiger partial charge on any atom is 0.356 e. The molecule has 0 aliphatic heterocycles. The second kappa shape index (κ2) is 8.22. The van der Waals surface area contributed by atoms with Crippen LogP contribution in [0.15, 0.2) is 12.5 Å². The van der Waals surface area contributed by atoms with Crippen LogP contribution in [0.25, 0.3) is 0 Å². The molecule has 1 unspecified atom stereocenters. The molecule has 118 valence electrons. The third-order valence-electron chi connectivity index (χ3n) is 2.69. The number of hydrogen-bond donors (Lipinski definition) is 3. The van der Waals surface area contributed by atoms with Crippen molar-refractivity contribution in [2.45, 2.75) is 12.6 Å². The van der Waals surface area contributed by atoms with Crippen LogP contribution < -0.4 is 5.32 Å². The zero-order chi connectivity index (χ0) is 15.8. The van der Waals surface area contributed by atoms with E-state index in [-0.39, 0.29) is 24.9 Å². The first-order chi connectivity index (χ1) is 9.93. The molecular formula is C12H20N4O5. The number of methoxy groups -OCH3 is 1. The number of hydrogen-bond acceptors (Lipinski definition) is 5. The van der Waals surface area contributed by atoms with Gasteiger partial charge in [-0.3, -0.25) is 0 Å². The summed E-state index contributed by atoms with van der Waals surface area (Å²) in [6.07, 6.45) is 2.04. The van der Waals surface area contributed by atoms with Crippen LogP contribution in [0.2, 0.25) is 0 Å². The molecule has 1 aromatic heterocycles. The molecule has 0 fully saturated rings. The van der Waals surface area contributed by atoms with Crippen LogP contribution in [-0.2, 0) is 11.3 Å². The molecule has 21 heavy (non-hydrogen) atoms. The van der Waals surface area contributed by atoms with E-state index >= 15 is 0 Å². The van der Waals surface area contributed by atoms with Gasteiger partial charge in [0.1, 0.15) is 0 Å². The molecule has 0 saturated carbocycles.